The van der Waals surface area contributed by atoms with E-state index in [9.17, 15) is 4.79 Å². The first-order chi connectivity index (χ1) is 6.09. The number of carbonyl (C=O) groups is 1. The molecular weight excluding hydrogens is 172 g/mol. The van der Waals surface area contributed by atoms with Crippen LogP contribution < -0.4 is 4.74 Å². The molecule has 13 heavy (non-hydrogen) atoms. The van der Waals surface area contributed by atoms with Crippen LogP contribution in [0.3, 0.4) is 0 Å². The topological polar surface area (TPSA) is 72.3 Å². The lowest BCUT2D eigenvalue weighted by atomic mass is 10.4. The normalized spacial score (nSPS) is 12.2. The van der Waals surface area contributed by atoms with Crippen molar-refractivity contribution < 1.29 is 14.6 Å². The summed E-state index contributed by atoms with van der Waals surface area (Å²) in [6.07, 6.45) is -0.906. The van der Waals surface area contributed by atoms with Gasteiger partial charge < -0.3 is 9.84 Å². The summed E-state index contributed by atoms with van der Waals surface area (Å²) in [5.41, 5.74) is 0.760. The van der Waals surface area contributed by atoms with Gasteiger partial charge in [0.1, 0.15) is 0 Å². The van der Waals surface area contributed by atoms with Crippen LogP contribution in [0.4, 0.5) is 0 Å². The summed E-state index contributed by atoms with van der Waals surface area (Å²) in [7, 11) is 0. The van der Waals surface area contributed by atoms with Crippen LogP contribution in [0.1, 0.15) is 12.6 Å². The third-order valence-corrected chi connectivity index (χ3v) is 1.42. The lowest BCUT2D eigenvalue weighted by molar-refractivity contribution is -0.144. The molecule has 0 spiro atoms. The molecule has 0 unspecified atom stereocenters. The van der Waals surface area contributed by atoms with E-state index in [4.69, 9.17) is 9.84 Å². The molecule has 0 fully saturated rings. The largest absolute Gasteiger partial charge is 0.479 e. The van der Waals surface area contributed by atoms with E-state index in [0.717, 1.165) is 5.69 Å². The zero-order valence-electron chi connectivity index (χ0n) is 7.39. The van der Waals surface area contributed by atoms with E-state index in [1.54, 1.807) is 19.1 Å². The number of hydrogen-bond donors (Lipinski definition) is 1. The van der Waals surface area contributed by atoms with E-state index in [2.05, 4.69) is 10.2 Å². The Hall–Kier alpha value is -1.65. The van der Waals surface area contributed by atoms with E-state index in [-0.39, 0.29) is 5.88 Å². The highest BCUT2D eigenvalue weighted by Crippen LogP contribution is 2.06. The highest BCUT2D eigenvalue weighted by Gasteiger charge is 2.12. The first-order valence-corrected chi connectivity index (χ1v) is 3.79. The molecule has 1 aromatic rings. The lowest BCUT2D eigenvalue weighted by Gasteiger charge is -2.07. The molecule has 1 aromatic heterocycles. The number of ether oxygens (including phenoxy) is 1. The maximum Gasteiger partial charge on any atom is 0.344 e. The Morgan fingerprint density at radius 2 is 2.23 bits per heavy atom. The molecule has 0 saturated carbocycles. The third kappa shape index (κ3) is 2.70. The molecule has 1 rings (SSSR count). The van der Waals surface area contributed by atoms with Crippen molar-refractivity contribution in [3.05, 3.63) is 17.8 Å². The number of hydrogen-bond acceptors (Lipinski definition) is 4. The molecular formula is C8H10N2O3. The fourth-order valence-electron chi connectivity index (χ4n) is 0.681. The van der Waals surface area contributed by atoms with Crippen LogP contribution in [-0.2, 0) is 4.79 Å². The Labute approximate surface area is 75.4 Å². The molecule has 0 saturated heterocycles. The van der Waals surface area contributed by atoms with Gasteiger partial charge in [-0.3, -0.25) is 0 Å². The zero-order chi connectivity index (χ0) is 9.84. The van der Waals surface area contributed by atoms with Gasteiger partial charge in [0.2, 0.25) is 5.88 Å². The smallest absolute Gasteiger partial charge is 0.344 e. The molecule has 1 N–H and O–H groups in total. The van der Waals surface area contributed by atoms with E-state index >= 15 is 0 Å². The second kappa shape index (κ2) is 3.84. The van der Waals surface area contributed by atoms with Crippen LogP contribution in [0.5, 0.6) is 5.88 Å². The average molecular weight is 182 g/mol. The van der Waals surface area contributed by atoms with Gasteiger partial charge in [0.05, 0.1) is 5.69 Å². The molecule has 0 aliphatic heterocycles. The highest BCUT2D eigenvalue weighted by atomic mass is 16.5. The first kappa shape index (κ1) is 9.44. The number of nitrogens with zero attached hydrogens (tertiary/aromatic N) is 2. The Morgan fingerprint density at radius 1 is 1.54 bits per heavy atom. The summed E-state index contributed by atoms with van der Waals surface area (Å²) in [6.45, 7) is 3.22. The van der Waals surface area contributed by atoms with Gasteiger partial charge in [0.25, 0.3) is 0 Å². The Morgan fingerprint density at radius 3 is 2.69 bits per heavy atom. The predicted octanol–water partition coefficient (Wildman–Crippen LogP) is 0.637. The zero-order valence-corrected chi connectivity index (χ0v) is 7.39. The minimum absolute atomic E-state index is 0.223. The van der Waals surface area contributed by atoms with Crippen LogP contribution in [0.2, 0.25) is 0 Å². The second-order valence-corrected chi connectivity index (χ2v) is 2.61. The summed E-state index contributed by atoms with van der Waals surface area (Å²) in [6, 6.07) is 3.29. The molecule has 1 heterocycles. The van der Waals surface area contributed by atoms with E-state index < -0.39 is 12.1 Å². The Bertz CT molecular complexity index is 297. The van der Waals surface area contributed by atoms with Gasteiger partial charge in [0, 0.05) is 6.07 Å². The minimum atomic E-state index is -1.03. The number of aryl methyl sites for hydroxylation is 1. The molecule has 5 heteroatoms. The molecule has 5 nitrogen and oxygen atoms in total. The van der Waals surface area contributed by atoms with Crippen molar-refractivity contribution in [3.63, 3.8) is 0 Å². The molecule has 0 bridgehead atoms. The number of aliphatic carboxylic acids is 1. The number of aromatic nitrogens is 2. The van der Waals surface area contributed by atoms with Crippen LogP contribution in [0, 0.1) is 6.92 Å². The van der Waals surface area contributed by atoms with E-state index in [0.29, 0.717) is 0 Å². The van der Waals surface area contributed by atoms with Crippen molar-refractivity contribution in [1.82, 2.24) is 10.2 Å². The molecule has 0 aromatic carbocycles. The summed E-state index contributed by atoms with van der Waals surface area (Å²) < 4.78 is 4.96. The third-order valence-electron chi connectivity index (χ3n) is 1.42. The predicted molar refractivity (Wildman–Crippen MR) is 44.5 cm³/mol. The maximum atomic E-state index is 10.4. The number of carboxylic acids is 1. The average Bonchev–Trinajstić information content (AvgIpc) is 2.08. The fraction of sp³-hybridized carbons (Fsp3) is 0.375. The van der Waals surface area contributed by atoms with Crippen molar-refractivity contribution in [2.24, 2.45) is 0 Å². The van der Waals surface area contributed by atoms with Crippen LogP contribution in [0.25, 0.3) is 0 Å². The van der Waals surface area contributed by atoms with Crippen molar-refractivity contribution in [2.45, 2.75) is 20.0 Å². The summed E-state index contributed by atoms with van der Waals surface area (Å²) >= 11 is 0. The van der Waals surface area contributed by atoms with Gasteiger partial charge >= 0.3 is 5.97 Å². The molecule has 70 valence electrons. The molecule has 1 atom stereocenters. The quantitative estimate of drug-likeness (QED) is 0.742. The summed E-state index contributed by atoms with van der Waals surface area (Å²) in [4.78, 5) is 10.4. The minimum Gasteiger partial charge on any atom is -0.479 e. The van der Waals surface area contributed by atoms with Gasteiger partial charge in [0.15, 0.2) is 6.10 Å². The molecule has 0 amide bonds. The van der Waals surface area contributed by atoms with Gasteiger partial charge in [-0.1, -0.05) is 0 Å². The monoisotopic (exact) mass is 182 g/mol. The van der Waals surface area contributed by atoms with Gasteiger partial charge in [-0.15, -0.1) is 5.10 Å². The second-order valence-electron chi connectivity index (χ2n) is 2.61. The molecule has 0 aliphatic rings. The summed E-state index contributed by atoms with van der Waals surface area (Å²) in [5, 5.41) is 15.9. The van der Waals surface area contributed by atoms with Crippen molar-refractivity contribution in [1.29, 1.82) is 0 Å². The van der Waals surface area contributed by atoms with E-state index in [1.165, 1.54) is 6.92 Å². The van der Waals surface area contributed by atoms with Gasteiger partial charge in [-0.25, -0.2) is 4.79 Å². The van der Waals surface area contributed by atoms with Crippen LogP contribution in [0.15, 0.2) is 12.1 Å². The standard InChI is InChI=1S/C8H10N2O3/c1-5-3-4-7(10-9-5)13-6(2)8(11)12/h3-4,6H,1-2H3,(H,11,12)/t6-/m1/s1. The number of rotatable bonds is 3. The van der Waals surface area contributed by atoms with Crippen LogP contribution >= 0.6 is 0 Å². The number of carboxylic acid groups (broad SMARTS) is 1. The maximum absolute atomic E-state index is 10.4. The summed E-state index contributed by atoms with van der Waals surface area (Å²) in [5.74, 6) is -0.803. The van der Waals surface area contributed by atoms with E-state index in [1.807, 2.05) is 0 Å². The Kier molecular flexibility index (Phi) is 2.79. The highest BCUT2D eigenvalue weighted by molar-refractivity contribution is 5.72. The van der Waals surface area contributed by atoms with Crippen molar-refractivity contribution >= 4 is 5.97 Å². The van der Waals surface area contributed by atoms with Crippen molar-refractivity contribution in [2.75, 3.05) is 0 Å². The van der Waals surface area contributed by atoms with Crippen molar-refractivity contribution in [3.8, 4) is 5.88 Å². The van der Waals surface area contributed by atoms with Gasteiger partial charge in [-0.05, 0) is 19.9 Å². The van der Waals surface area contributed by atoms with Crippen LogP contribution in [-0.4, -0.2) is 27.4 Å². The molecule has 0 aliphatic carbocycles. The molecule has 0 radical (unpaired) electrons. The fourth-order valence-corrected chi connectivity index (χ4v) is 0.681. The SMILES string of the molecule is Cc1ccc(O[C@H](C)C(=O)O)nn1. The first-order valence-electron chi connectivity index (χ1n) is 3.79. The Balaban J connectivity index is 2.64. The van der Waals surface area contributed by atoms with Gasteiger partial charge in [-0.2, -0.15) is 5.10 Å². The lowest BCUT2D eigenvalue weighted by Crippen LogP contribution is -2.23.